The molecular formula is C18H31NO. The third-order valence-electron chi connectivity index (χ3n) is 5.95. The Balaban J connectivity index is 1.94. The van der Waals surface area contributed by atoms with Crippen LogP contribution in [-0.4, -0.2) is 29.7 Å². The molecule has 0 N–H and O–H groups in total. The second-order valence-corrected chi connectivity index (χ2v) is 7.92. The van der Waals surface area contributed by atoms with Crippen LogP contribution < -0.4 is 0 Å². The van der Waals surface area contributed by atoms with Crippen LogP contribution in [0.1, 0.15) is 60.3 Å². The van der Waals surface area contributed by atoms with E-state index < -0.39 is 0 Å². The van der Waals surface area contributed by atoms with Crippen LogP contribution in [0.25, 0.3) is 0 Å². The minimum atomic E-state index is 0.325. The van der Waals surface area contributed by atoms with E-state index in [4.69, 9.17) is 4.74 Å². The van der Waals surface area contributed by atoms with Crippen LogP contribution in [0.3, 0.4) is 0 Å². The van der Waals surface area contributed by atoms with Gasteiger partial charge in [-0.1, -0.05) is 20.8 Å². The molecule has 0 saturated carbocycles. The molecule has 1 fully saturated rings. The zero-order chi connectivity index (χ0) is 14.5. The van der Waals surface area contributed by atoms with Crippen LogP contribution in [0.4, 0.5) is 0 Å². The summed E-state index contributed by atoms with van der Waals surface area (Å²) in [5, 5.41) is 0. The van der Waals surface area contributed by atoms with E-state index in [0.29, 0.717) is 11.6 Å². The third kappa shape index (κ3) is 2.03. The molecule has 3 aliphatic rings. The fourth-order valence-corrected chi connectivity index (χ4v) is 5.05. The molecule has 2 unspecified atom stereocenters. The Kier molecular flexibility index (Phi) is 3.64. The van der Waals surface area contributed by atoms with E-state index in [1.54, 1.807) is 11.3 Å². The first kappa shape index (κ1) is 14.4. The van der Waals surface area contributed by atoms with E-state index in [9.17, 15) is 0 Å². The predicted molar refractivity (Wildman–Crippen MR) is 83.5 cm³/mol. The first-order chi connectivity index (χ1) is 9.46. The summed E-state index contributed by atoms with van der Waals surface area (Å²) in [4.78, 5) is 2.74. The lowest BCUT2D eigenvalue weighted by atomic mass is 9.76. The minimum absolute atomic E-state index is 0.325. The maximum Gasteiger partial charge on any atom is 0.0905 e. The van der Waals surface area contributed by atoms with E-state index in [2.05, 4.69) is 39.5 Å². The maximum atomic E-state index is 5.62. The lowest BCUT2D eigenvalue weighted by molar-refractivity contribution is -0.129. The highest BCUT2D eigenvalue weighted by atomic mass is 16.5. The number of rotatable bonds is 2. The van der Waals surface area contributed by atoms with E-state index in [1.165, 1.54) is 25.7 Å². The van der Waals surface area contributed by atoms with Gasteiger partial charge in [0.1, 0.15) is 0 Å². The summed E-state index contributed by atoms with van der Waals surface area (Å²) in [5.74, 6) is 2.43. The first-order valence-corrected chi connectivity index (χ1v) is 8.55. The molecule has 2 nitrogen and oxygen atoms in total. The topological polar surface area (TPSA) is 12.5 Å². The minimum Gasteiger partial charge on any atom is -0.376 e. The van der Waals surface area contributed by atoms with Crippen molar-refractivity contribution in [3.05, 3.63) is 11.3 Å². The molecule has 1 aliphatic carbocycles. The van der Waals surface area contributed by atoms with Gasteiger partial charge in [-0.15, -0.1) is 0 Å². The number of hydrogen-bond acceptors (Lipinski definition) is 2. The fraction of sp³-hybridized carbons (Fsp3) is 0.889. The van der Waals surface area contributed by atoms with Gasteiger partial charge in [-0.05, 0) is 62.9 Å². The average molecular weight is 277 g/mol. The van der Waals surface area contributed by atoms with Crippen molar-refractivity contribution in [2.75, 3.05) is 13.2 Å². The molecule has 114 valence electrons. The largest absolute Gasteiger partial charge is 0.376 e. The Morgan fingerprint density at radius 2 is 1.90 bits per heavy atom. The summed E-state index contributed by atoms with van der Waals surface area (Å²) in [7, 11) is 0. The van der Waals surface area contributed by atoms with Crippen molar-refractivity contribution in [2.24, 2.45) is 17.8 Å². The summed E-state index contributed by atoms with van der Waals surface area (Å²) < 4.78 is 5.62. The Morgan fingerprint density at radius 3 is 2.40 bits per heavy atom. The Labute approximate surface area is 124 Å². The molecular weight excluding hydrogens is 246 g/mol. The summed E-state index contributed by atoms with van der Waals surface area (Å²) >= 11 is 0. The second-order valence-electron chi connectivity index (χ2n) is 7.92. The Hall–Kier alpha value is -0.500. The molecule has 1 saturated heterocycles. The van der Waals surface area contributed by atoms with Gasteiger partial charge in [0, 0.05) is 11.7 Å². The summed E-state index contributed by atoms with van der Waals surface area (Å²) in [5.41, 5.74) is 3.79. The molecule has 20 heavy (non-hydrogen) atoms. The average Bonchev–Trinajstić information content (AvgIpc) is 2.61. The van der Waals surface area contributed by atoms with Gasteiger partial charge >= 0.3 is 0 Å². The molecule has 2 heteroatoms. The molecule has 0 bridgehead atoms. The quantitative estimate of drug-likeness (QED) is 0.749. The second kappa shape index (κ2) is 5.05. The van der Waals surface area contributed by atoms with Crippen LogP contribution in [0, 0.1) is 17.8 Å². The van der Waals surface area contributed by atoms with Crippen molar-refractivity contribution in [3.63, 3.8) is 0 Å². The van der Waals surface area contributed by atoms with Crippen LogP contribution in [0.2, 0.25) is 0 Å². The number of hydrogen-bond donors (Lipinski definition) is 0. The predicted octanol–water partition coefficient (Wildman–Crippen LogP) is 4.22. The van der Waals surface area contributed by atoms with Crippen LogP contribution in [0.15, 0.2) is 11.3 Å². The Morgan fingerprint density at radius 1 is 1.20 bits per heavy atom. The standard InChI is InChI=1S/C18H31NO/c1-12(2)15-7-6-8-17-16(14(15)5)9-18(10-20-11-18)19(17)13(3)4/h12-15H,6-11H2,1-5H3. The first-order valence-electron chi connectivity index (χ1n) is 8.55. The SMILES string of the molecule is CC(C)C1CCCC2=C(CC3(COC3)N2C(C)C)C1C. The lowest BCUT2D eigenvalue weighted by Gasteiger charge is -2.50. The molecule has 2 atom stereocenters. The van der Waals surface area contributed by atoms with Gasteiger partial charge in [-0.25, -0.2) is 0 Å². The number of allylic oxidation sites excluding steroid dienone is 1. The van der Waals surface area contributed by atoms with Gasteiger partial charge in [0.15, 0.2) is 0 Å². The molecule has 2 aliphatic heterocycles. The summed E-state index contributed by atoms with van der Waals surface area (Å²) in [6, 6.07) is 0.606. The van der Waals surface area contributed by atoms with Crippen molar-refractivity contribution in [3.8, 4) is 0 Å². The Bertz CT molecular complexity index is 406. The van der Waals surface area contributed by atoms with Crippen molar-refractivity contribution < 1.29 is 4.74 Å². The number of nitrogens with zero attached hydrogens (tertiary/aromatic N) is 1. The van der Waals surface area contributed by atoms with Gasteiger partial charge in [-0.2, -0.15) is 0 Å². The normalized spacial score (nSPS) is 32.9. The van der Waals surface area contributed by atoms with Gasteiger partial charge in [0.25, 0.3) is 0 Å². The molecule has 1 spiro atoms. The van der Waals surface area contributed by atoms with Crippen LogP contribution >= 0.6 is 0 Å². The van der Waals surface area contributed by atoms with Crippen LogP contribution in [-0.2, 0) is 4.74 Å². The molecule has 0 aromatic rings. The number of ether oxygens (including phenoxy) is 1. The molecule has 0 aromatic carbocycles. The van der Waals surface area contributed by atoms with Gasteiger partial charge in [-0.3, -0.25) is 0 Å². The smallest absolute Gasteiger partial charge is 0.0905 e. The summed E-state index contributed by atoms with van der Waals surface area (Å²) in [6.07, 6.45) is 5.33. The monoisotopic (exact) mass is 277 g/mol. The van der Waals surface area contributed by atoms with Crippen LogP contribution in [0.5, 0.6) is 0 Å². The lowest BCUT2D eigenvalue weighted by Crippen LogP contribution is -2.61. The van der Waals surface area contributed by atoms with E-state index >= 15 is 0 Å². The molecule has 2 heterocycles. The van der Waals surface area contributed by atoms with Crippen molar-refractivity contribution in [1.82, 2.24) is 4.90 Å². The summed E-state index contributed by atoms with van der Waals surface area (Å²) in [6.45, 7) is 13.9. The maximum absolute atomic E-state index is 5.62. The van der Waals surface area contributed by atoms with Crippen molar-refractivity contribution in [1.29, 1.82) is 0 Å². The highest BCUT2D eigenvalue weighted by Gasteiger charge is 2.52. The highest BCUT2D eigenvalue weighted by molar-refractivity contribution is 5.32. The van der Waals surface area contributed by atoms with E-state index in [-0.39, 0.29) is 0 Å². The zero-order valence-corrected chi connectivity index (χ0v) is 13.9. The highest BCUT2D eigenvalue weighted by Crippen LogP contribution is 2.51. The fourth-order valence-electron chi connectivity index (χ4n) is 5.05. The molecule has 0 radical (unpaired) electrons. The molecule has 0 amide bonds. The molecule has 3 rings (SSSR count). The van der Waals surface area contributed by atoms with Gasteiger partial charge in [0.05, 0.1) is 18.8 Å². The van der Waals surface area contributed by atoms with E-state index in [1.807, 2.05) is 0 Å². The van der Waals surface area contributed by atoms with Crippen molar-refractivity contribution in [2.45, 2.75) is 71.9 Å². The third-order valence-corrected chi connectivity index (χ3v) is 5.95. The zero-order valence-electron chi connectivity index (χ0n) is 13.9. The van der Waals surface area contributed by atoms with Gasteiger partial charge in [0.2, 0.25) is 0 Å². The van der Waals surface area contributed by atoms with Crippen molar-refractivity contribution >= 4 is 0 Å². The molecule has 0 aromatic heterocycles. The van der Waals surface area contributed by atoms with E-state index in [0.717, 1.165) is 31.0 Å². The van der Waals surface area contributed by atoms with Gasteiger partial charge < -0.3 is 9.64 Å².